The van der Waals surface area contributed by atoms with E-state index in [9.17, 15) is 19.5 Å². The van der Waals surface area contributed by atoms with Crippen LogP contribution in [0.3, 0.4) is 0 Å². The van der Waals surface area contributed by atoms with E-state index in [-0.39, 0.29) is 38.6 Å². The molecule has 0 spiro atoms. The van der Waals surface area contributed by atoms with E-state index < -0.39 is 24.3 Å². The second kappa shape index (κ2) is 72.2. The molecule has 0 amide bonds. The molecule has 0 heterocycles. The Hall–Kier alpha value is -5.61. The SMILES string of the molecule is CC/C=C\C/C=C\C/C=C\C/C=C\C/C=C\C/C=C\C/C=C\C/C=C\C/C=C\C/C=C\C/C=C\CCCCCC(=O)OC(COC(=O)CCCCCCCCCCCCCCCCCCCC/C=C\C/C=C\C/C=C\C/C=C\CC)COC(OCC[N+](C)(C)C)C(=O)O. The number of carbonyl (C=O) groups excluding carboxylic acids is 2. The number of ether oxygens (including phenoxy) is 4. The number of carboxylic acid groups (broad SMARTS) is 1. The zero-order valence-corrected chi connectivity index (χ0v) is 59.8. The van der Waals surface area contributed by atoms with Crippen molar-refractivity contribution in [3.8, 4) is 0 Å². The molecule has 0 aromatic carbocycles. The lowest BCUT2D eigenvalue weighted by molar-refractivity contribution is -0.870. The normalized spacial score (nSPS) is 13.8. The number of rotatable bonds is 66. The topological polar surface area (TPSA) is 108 Å². The summed E-state index contributed by atoms with van der Waals surface area (Å²) in [5.41, 5.74) is 0. The highest BCUT2D eigenvalue weighted by molar-refractivity contribution is 5.71. The van der Waals surface area contributed by atoms with E-state index in [1.165, 1.54) is 103 Å². The first kappa shape index (κ1) is 87.4. The predicted octanol–water partition coefficient (Wildman–Crippen LogP) is 23.6. The van der Waals surface area contributed by atoms with Crippen molar-refractivity contribution >= 4 is 17.9 Å². The molecule has 0 fully saturated rings. The van der Waals surface area contributed by atoms with Gasteiger partial charge < -0.3 is 28.5 Å². The maximum absolute atomic E-state index is 13.0. The average Bonchev–Trinajstić information content (AvgIpc) is 3.73. The van der Waals surface area contributed by atoms with Gasteiger partial charge in [0.15, 0.2) is 6.10 Å². The van der Waals surface area contributed by atoms with E-state index in [1.807, 2.05) is 21.1 Å². The average molecular weight is 1290 g/mol. The summed E-state index contributed by atoms with van der Waals surface area (Å²) in [5, 5.41) is 9.76. The number of likely N-dealkylation sites (N-methyl/N-ethyl adjacent to an activating group) is 1. The number of carbonyl (C=O) groups is 3. The molecule has 1 N–H and O–H groups in total. The summed E-state index contributed by atoms with van der Waals surface area (Å²) in [7, 11) is 5.96. The molecule has 0 aliphatic heterocycles. The first-order valence-corrected chi connectivity index (χ1v) is 36.9. The summed E-state index contributed by atoms with van der Waals surface area (Å²) in [4.78, 5) is 37.7. The van der Waals surface area contributed by atoms with Crippen LogP contribution in [0.2, 0.25) is 0 Å². The van der Waals surface area contributed by atoms with Gasteiger partial charge in [0.2, 0.25) is 0 Å². The summed E-state index contributed by atoms with van der Waals surface area (Å²) in [6.07, 6.45) is 107. The summed E-state index contributed by atoms with van der Waals surface area (Å²) in [5.74, 6) is -2.06. The van der Waals surface area contributed by atoms with Crippen LogP contribution in [0.4, 0.5) is 0 Å². The Morgan fingerprint density at radius 3 is 0.871 bits per heavy atom. The molecule has 0 saturated carbocycles. The van der Waals surface area contributed by atoms with E-state index in [2.05, 4.69) is 196 Å². The van der Waals surface area contributed by atoms with Crippen molar-refractivity contribution < 1.29 is 42.9 Å². The van der Waals surface area contributed by atoms with E-state index >= 15 is 0 Å². The highest BCUT2D eigenvalue weighted by Gasteiger charge is 2.25. The van der Waals surface area contributed by atoms with Crippen LogP contribution in [0.25, 0.3) is 0 Å². The molecule has 0 bridgehead atoms. The molecule has 9 nitrogen and oxygen atoms in total. The lowest BCUT2D eigenvalue weighted by Gasteiger charge is -2.25. The summed E-state index contributed by atoms with van der Waals surface area (Å²) in [6, 6.07) is 0. The third-order valence-electron chi connectivity index (χ3n) is 15.2. The maximum Gasteiger partial charge on any atom is 0.361 e. The number of quaternary nitrogens is 1. The molecule has 2 atom stereocenters. The molecule has 9 heteroatoms. The first-order valence-electron chi connectivity index (χ1n) is 36.9. The van der Waals surface area contributed by atoms with Crippen molar-refractivity contribution in [2.24, 2.45) is 0 Å². The number of nitrogens with zero attached hydrogens (tertiary/aromatic N) is 1. The molecule has 0 radical (unpaired) electrons. The molecular weight excluding hydrogens is 1150 g/mol. The number of unbranched alkanes of at least 4 members (excludes halogenated alkanes) is 21. The van der Waals surface area contributed by atoms with Crippen LogP contribution in [-0.4, -0.2) is 87.4 Å². The van der Waals surface area contributed by atoms with Crippen molar-refractivity contribution in [1.82, 2.24) is 0 Å². The van der Waals surface area contributed by atoms with Gasteiger partial charge in [0.05, 0.1) is 34.4 Å². The highest BCUT2D eigenvalue weighted by Crippen LogP contribution is 2.16. The maximum atomic E-state index is 13.0. The van der Waals surface area contributed by atoms with Crippen molar-refractivity contribution in [3.63, 3.8) is 0 Å². The summed E-state index contributed by atoms with van der Waals surface area (Å²) >= 11 is 0. The molecule has 2 unspecified atom stereocenters. The van der Waals surface area contributed by atoms with E-state index in [0.29, 0.717) is 17.4 Å². The van der Waals surface area contributed by atoms with Crippen LogP contribution >= 0.6 is 0 Å². The van der Waals surface area contributed by atoms with Gasteiger partial charge in [-0.2, -0.15) is 0 Å². The number of carboxylic acids is 1. The van der Waals surface area contributed by atoms with Crippen LogP contribution in [0.1, 0.15) is 271 Å². The lowest BCUT2D eigenvalue weighted by atomic mass is 10.0. The number of esters is 2. The Morgan fingerprint density at radius 1 is 0.323 bits per heavy atom. The molecule has 0 aliphatic rings. The second-order valence-corrected chi connectivity index (χ2v) is 25.1. The highest BCUT2D eigenvalue weighted by atomic mass is 16.7. The van der Waals surface area contributed by atoms with Gasteiger partial charge in [-0.3, -0.25) is 9.59 Å². The molecule has 0 aliphatic carbocycles. The third-order valence-corrected chi connectivity index (χ3v) is 15.2. The van der Waals surface area contributed by atoms with Gasteiger partial charge in [0.1, 0.15) is 13.2 Å². The Labute approximate surface area is 570 Å². The quantitative estimate of drug-likeness (QED) is 0.0211. The van der Waals surface area contributed by atoms with Crippen LogP contribution in [0.5, 0.6) is 0 Å². The Balaban J connectivity index is 4.21. The number of hydrogen-bond donors (Lipinski definition) is 1. The van der Waals surface area contributed by atoms with Crippen molar-refractivity contribution in [2.45, 2.75) is 283 Å². The lowest BCUT2D eigenvalue weighted by Crippen LogP contribution is -2.40. The predicted molar refractivity (Wildman–Crippen MR) is 400 cm³/mol. The minimum atomic E-state index is -1.53. The summed E-state index contributed by atoms with van der Waals surface area (Å²) in [6.45, 7) is 4.61. The molecular formula is C84H136NO8+. The van der Waals surface area contributed by atoms with E-state index in [0.717, 1.165) is 135 Å². The van der Waals surface area contributed by atoms with Gasteiger partial charge in [-0.05, 0) is 135 Å². The number of hydrogen-bond acceptors (Lipinski definition) is 7. The van der Waals surface area contributed by atoms with E-state index in [1.54, 1.807) is 0 Å². The first-order chi connectivity index (χ1) is 45.6. The zero-order valence-electron chi connectivity index (χ0n) is 59.8. The monoisotopic (exact) mass is 1290 g/mol. The van der Waals surface area contributed by atoms with Gasteiger partial charge in [-0.15, -0.1) is 0 Å². The molecule has 524 valence electrons. The number of aliphatic carboxylic acids is 1. The van der Waals surface area contributed by atoms with Gasteiger partial charge in [-0.25, -0.2) is 4.79 Å². The third kappa shape index (κ3) is 73.7. The molecule has 0 saturated heterocycles. The van der Waals surface area contributed by atoms with Gasteiger partial charge in [0.25, 0.3) is 6.29 Å². The van der Waals surface area contributed by atoms with Crippen LogP contribution in [0, 0.1) is 0 Å². The molecule has 0 aromatic heterocycles. The minimum absolute atomic E-state index is 0.172. The second-order valence-electron chi connectivity index (χ2n) is 25.1. The summed E-state index contributed by atoms with van der Waals surface area (Å²) < 4.78 is 22.9. The van der Waals surface area contributed by atoms with Crippen LogP contribution in [-0.2, 0) is 33.3 Å². The molecule has 0 rings (SSSR count). The Morgan fingerprint density at radius 2 is 0.581 bits per heavy atom. The van der Waals surface area contributed by atoms with Gasteiger partial charge >= 0.3 is 17.9 Å². The fourth-order valence-electron chi connectivity index (χ4n) is 9.60. The largest absolute Gasteiger partial charge is 0.477 e. The smallest absolute Gasteiger partial charge is 0.361 e. The number of allylic oxidation sites excluding steroid dienone is 30. The van der Waals surface area contributed by atoms with Crippen molar-refractivity contribution in [3.05, 3.63) is 182 Å². The van der Waals surface area contributed by atoms with E-state index in [4.69, 9.17) is 18.9 Å². The van der Waals surface area contributed by atoms with Crippen molar-refractivity contribution in [2.75, 3.05) is 47.5 Å². The molecule has 93 heavy (non-hydrogen) atoms. The van der Waals surface area contributed by atoms with Gasteiger partial charge in [0, 0.05) is 12.8 Å². The molecule has 0 aromatic rings. The van der Waals surface area contributed by atoms with Crippen molar-refractivity contribution in [1.29, 1.82) is 0 Å². The fraction of sp³-hybridized carbons (Fsp3) is 0.607. The fourth-order valence-corrected chi connectivity index (χ4v) is 9.60. The Kier molecular flexibility index (Phi) is 67.9. The standard InChI is InChI=1S/C84H135NO8/c1-6-8-10-12-14-16-18-20-22-24-26-28-30-32-34-36-38-39-40-41-42-43-45-47-49-51-53-55-57-59-61-63-65-67-69-71-73-75-82(87)93-80(79-92-84(83(88)89)90-77-76-85(3,4)5)78-91-81(86)74-72-70-68-66-64-62-60-58-56-54-52-50-48-46-44-37-35-33-31-29-27-25-23-21-19-17-15-13-11-9-7-2/h8-11,14-17,20-23,26-29,32,34,38-39,41-42,45,47,51,53,57,59,63,65,80,84H,6-7,12-13,18-19,24-25,30-31,33,35-37,40,43-44,46,48-50,52,54-56,58,60-62,64,66-79H2,1-5H3/p+1/b10-8-,11-9-,16-14-,17-15-,22-20-,23-21-,28-26-,29-27-,34-32-,39-38-,42-41-,47-45-,53-51-,59-57-,65-63-. The minimum Gasteiger partial charge on any atom is -0.477 e. The van der Waals surface area contributed by atoms with Crippen LogP contribution in [0.15, 0.2) is 182 Å². The zero-order chi connectivity index (χ0) is 67.5. The Bertz CT molecular complexity index is 2190. The van der Waals surface area contributed by atoms with Crippen LogP contribution < -0.4 is 0 Å². The van der Waals surface area contributed by atoms with Gasteiger partial charge in [-0.1, -0.05) is 305 Å².